The highest BCUT2D eigenvalue weighted by molar-refractivity contribution is 5.89. The van der Waals surface area contributed by atoms with Crippen LogP contribution < -0.4 is 10.6 Å². The van der Waals surface area contributed by atoms with E-state index in [1.807, 2.05) is 0 Å². The van der Waals surface area contributed by atoms with E-state index in [4.69, 9.17) is 0 Å². The van der Waals surface area contributed by atoms with Crippen molar-refractivity contribution in [3.8, 4) is 0 Å². The summed E-state index contributed by atoms with van der Waals surface area (Å²) in [6.07, 6.45) is 0. The molecule has 0 aromatic heterocycles. The summed E-state index contributed by atoms with van der Waals surface area (Å²) in [5.74, 6) is 1.18. The first-order valence-corrected chi connectivity index (χ1v) is 4.63. The third-order valence-electron chi connectivity index (χ3n) is 2.51. The maximum Gasteiger partial charge on any atom is 0.103 e. The SMILES string of the molecule is CC(C)(C)C1=NC2CNCC2N1. The number of nitrogens with zero attached hydrogens (tertiary/aromatic N) is 1. The van der Waals surface area contributed by atoms with Crippen LogP contribution in [0.1, 0.15) is 20.8 Å². The molecular weight excluding hydrogens is 150 g/mol. The van der Waals surface area contributed by atoms with Gasteiger partial charge in [0, 0.05) is 18.5 Å². The van der Waals surface area contributed by atoms with Gasteiger partial charge in [0.05, 0.1) is 12.1 Å². The smallest absolute Gasteiger partial charge is 0.103 e. The quantitative estimate of drug-likeness (QED) is 0.547. The van der Waals surface area contributed by atoms with Gasteiger partial charge in [-0.1, -0.05) is 20.8 Å². The molecule has 1 fully saturated rings. The van der Waals surface area contributed by atoms with E-state index in [-0.39, 0.29) is 5.41 Å². The van der Waals surface area contributed by atoms with Crippen molar-refractivity contribution in [1.29, 1.82) is 0 Å². The van der Waals surface area contributed by atoms with Crippen LogP contribution in [0.4, 0.5) is 0 Å². The molecule has 12 heavy (non-hydrogen) atoms. The molecule has 2 rings (SSSR count). The fourth-order valence-corrected chi connectivity index (χ4v) is 1.74. The summed E-state index contributed by atoms with van der Waals surface area (Å²) in [5.41, 5.74) is 0.185. The first-order valence-electron chi connectivity index (χ1n) is 4.63. The predicted octanol–water partition coefficient (Wildman–Crippen LogP) is 0.375. The summed E-state index contributed by atoms with van der Waals surface area (Å²) in [4.78, 5) is 4.66. The van der Waals surface area contributed by atoms with Gasteiger partial charge in [0.2, 0.25) is 0 Å². The molecule has 0 bridgehead atoms. The van der Waals surface area contributed by atoms with Crippen molar-refractivity contribution in [1.82, 2.24) is 10.6 Å². The van der Waals surface area contributed by atoms with Gasteiger partial charge in [-0.2, -0.15) is 0 Å². The zero-order valence-electron chi connectivity index (χ0n) is 8.02. The minimum atomic E-state index is 0.185. The van der Waals surface area contributed by atoms with Crippen molar-refractivity contribution in [2.24, 2.45) is 10.4 Å². The monoisotopic (exact) mass is 167 g/mol. The number of aliphatic imine (C=N–C) groups is 1. The van der Waals surface area contributed by atoms with E-state index in [0.29, 0.717) is 12.1 Å². The molecule has 2 atom stereocenters. The van der Waals surface area contributed by atoms with Gasteiger partial charge < -0.3 is 10.6 Å². The Morgan fingerprint density at radius 3 is 2.67 bits per heavy atom. The summed E-state index contributed by atoms with van der Waals surface area (Å²) in [6.45, 7) is 8.71. The van der Waals surface area contributed by atoms with Gasteiger partial charge in [-0.05, 0) is 0 Å². The lowest BCUT2D eigenvalue weighted by atomic mass is 9.95. The Hall–Kier alpha value is -0.570. The van der Waals surface area contributed by atoms with Crippen molar-refractivity contribution >= 4 is 5.84 Å². The van der Waals surface area contributed by atoms with Crippen LogP contribution in [0, 0.1) is 5.41 Å². The van der Waals surface area contributed by atoms with Gasteiger partial charge in [-0.3, -0.25) is 4.99 Å². The molecular formula is C9H17N3. The molecule has 2 N–H and O–H groups in total. The summed E-state index contributed by atoms with van der Waals surface area (Å²) in [6, 6.07) is 1.04. The first-order chi connectivity index (χ1) is 5.57. The molecule has 0 amide bonds. The molecule has 0 spiro atoms. The van der Waals surface area contributed by atoms with Crippen LogP contribution in [0.3, 0.4) is 0 Å². The molecule has 2 unspecified atom stereocenters. The highest BCUT2D eigenvalue weighted by Gasteiger charge is 2.36. The third-order valence-corrected chi connectivity index (χ3v) is 2.51. The van der Waals surface area contributed by atoms with Crippen LogP contribution in [-0.2, 0) is 0 Å². The third kappa shape index (κ3) is 1.22. The normalized spacial score (nSPS) is 34.4. The standard InChI is InChI=1S/C9H17N3/c1-9(2,3)8-11-6-4-10-5-7(6)12-8/h6-7,10H,4-5H2,1-3H3,(H,11,12). The topological polar surface area (TPSA) is 36.4 Å². The molecule has 2 aliphatic heterocycles. The minimum absolute atomic E-state index is 0.185. The zero-order chi connectivity index (χ0) is 8.77. The molecule has 0 radical (unpaired) electrons. The maximum absolute atomic E-state index is 4.66. The van der Waals surface area contributed by atoms with Crippen molar-refractivity contribution in [3.63, 3.8) is 0 Å². The van der Waals surface area contributed by atoms with Crippen LogP contribution >= 0.6 is 0 Å². The molecule has 2 aliphatic rings. The molecule has 0 saturated carbocycles. The number of amidine groups is 1. The van der Waals surface area contributed by atoms with Crippen LogP contribution in [0.2, 0.25) is 0 Å². The average Bonchev–Trinajstić information content (AvgIpc) is 2.37. The second kappa shape index (κ2) is 2.46. The predicted molar refractivity (Wildman–Crippen MR) is 50.5 cm³/mol. The molecule has 3 heteroatoms. The fourth-order valence-electron chi connectivity index (χ4n) is 1.74. The van der Waals surface area contributed by atoms with Gasteiger partial charge >= 0.3 is 0 Å². The van der Waals surface area contributed by atoms with E-state index in [1.165, 1.54) is 5.84 Å². The largest absolute Gasteiger partial charge is 0.367 e. The molecule has 3 nitrogen and oxygen atoms in total. The highest BCUT2D eigenvalue weighted by atomic mass is 15.2. The maximum atomic E-state index is 4.66. The van der Waals surface area contributed by atoms with Gasteiger partial charge in [-0.25, -0.2) is 0 Å². The highest BCUT2D eigenvalue weighted by Crippen LogP contribution is 2.22. The zero-order valence-corrected chi connectivity index (χ0v) is 8.02. The number of fused-ring (bicyclic) bond motifs is 1. The van der Waals surface area contributed by atoms with Crippen LogP contribution in [0.15, 0.2) is 4.99 Å². The summed E-state index contributed by atoms with van der Waals surface area (Å²) in [5, 5.41) is 6.81. The second-order valence-corrected chi connectivity index (χ2v) is 4.70. The van der Waals surface area contributed by atoms with Crippen molar-refractivity contribution < 1.29 is 0 Å². The van der Waals surface area contributed by atoms with Gasteiger partial charge in [0.25, 0.3) is 0 Å². The molecule has 0 aromatic carbocycles. The van der Waals surface area contributed by atoms with E-state index >= 15 is 0 Å². The van der Waals surface area contributed by atoms with Gasteiger partial charge in [-0.15, -0.1) is 0 Å². The number of hydrogen-bond donors (Lipinski definition) is 2. The van der Waals surface area contributed by atoms with Crippen LogP contribution in [-0.4, -0.2) is 31.0 Å². The van der Waals surface area contributed by atoms with E-state index in [1.54, 1.807) is 0 Å². The number of nitrogens with one attached hydrogen (secondary N) is 2. The Balaban J connectivity index is 2.12. The van der Waals surface area contributed by atoms with Crippen molar-refractivity contribution in [3.05, 3.63) is 0 Å². The molecule has 68 valence electrons. The summed E-state index contributed by atoms with van der Waals surface area (Å²) in [7, 11) is 0. The van der Waals surface area contributed by atoms with Crippen molar-refractivity contribution in [2.45, 2.75) is 32.9 Å². The molecule has 2 heterocycles. The Bertz CT molecular complexity index is 214. The average molecular weight is 167 g/mol. The van der Waals surface area contributed by atoms with Crippen molar-refractivity contribution in [2.75, 3.05) is 13.1 Å². The lowest BCUT2D eigenvalue weighted by Crippen LogP contribution is -2.40. The summed E-state index contributed by atoms with van der Waals surface area (Å²) < 4.78 is 0. The molecule has 0 aliphatic carbocycles. The molecule has 0 aromatic rings. The Morgan fingerprint density at radius 1 is 1.33 bits per heavy atom. The van der Waals surface area contributed by atoms with Crippen LogP contribution in [0.25, 0.3) is 0 Å². The van der Waals surface area contributed by atoms with Gasteiger partial charge in [0.15, 0.2) is 0 Å². The second-order valence-electron chi connectivity index (χ2n) is 4.70. The first kappa shape index (κ1) is 8.05. The Morgan fingerprint density at radius 2 is 2.08 bits per heavy atom. The van der Waals surface area contributed by atoms with E-state index in [2.05, 4.69) is 36.4 Å². The van der Waals surface area contributed by atoms with Gasteiger partial charge in [0.1, 0.15) is 5.84 Å². The van der Waals surface area contributed by atoms with Crippen LogP contribution in [0.5, 0.6) is 0 Å². The lowest BCUT2D eigenvalue weighted by molar-refractivity contribution is 0.558. The Kier molecular flexibility index (Phi) is 1.65. The Labute approximate surface area is 73.6 Å². The summed E-state index contributed by atoms with van der Waals surface area (Å²) >= 11 is 0. The van der Waals surface area contributed by atoms with E-state index in [9.17, 15) is 0 Å². The lowest BCUT2D eigenvalue weighted by Gasteiger charge is -2.20. The number of rotatable bonds is 0. The van der Waals surface area contributed by atoms with E-state index < -0.39 is 0 Å². The fraction of sp³-hybridized carbons (Fsp3) is 0.889. The number of hydrogen-bond acceptors (Lipinski definition) is 3. The molecule has 1 saturated heterocycles. The minimum Gasteiger partial charge on any atom is -0.367 e. The van der Waals surface area contributed by atoms with E-state index in [0.717, 1.165) is 13.1 Å².